The molecule has 6 heteroatoms. The molecule has 0 aliphatic heterocycles. The first-order valence-electron chi connectivity index (χ1n) is 5.66. The third-order valence-electron chi connectivity index (χ3n) is 2.46. The lowest BCUT2D eigenvalue weighted by atomic mass is 10.2. The Labute approximate surface area is 113 Å². The Morgan fingerprint density at radius 3 is 2.68 bits per heavy atom. The van der Waals surface area contributed by atoms with Gasteiger partial charge in [-0.3, -0.25) is 0 Å². The van der Waals surface area contributed by atoms with Gasteiger partial charge >= 0.3 is 6.61 Å². The molecule has 19 heavy (non-hydrogen) atoms. The van der Waals surface area contributed by atoms with Crippen LogP contribution in [0.15, 0.2) is 41.8 Å². The first kappa shape index (κ1) is 13.8. The number of aliphatic hydroxyl groups excluding tert-OH is 1. The summed E-state index contributed by atoms with van der Waals surface area (Å²) in [6.07, 6.45) is -0.681. The van der Waals surface area contributed by atoms with Crippen LogP contribution in [0, 0.1) is 0 Å². The fourth-order valence-electron chi connectivity index (χ4n) is 1.60. The number of alkyl halides is 2. The molecule has 1 unspecified atom stereocenters. The molecule has 2 rings (SSSR count). The van der Waals surface area contributed by atoms with E-state index >= 15 is 0 Å². The van der Waals surface area contributed by atoms with Gasteiger partial charge < -0.3 is 15.2 Å². The van der Waals surface area contributed by atoms with Crippen molar-refractivity contribution in [3.05, 3.63) is 46.7 Å². The smallest absolute Gasteiger partial charge is 0.387 e. The quantitative estimate of drug-likeness (QED) is 0.853. The number of aliphatic hydroxyl groups is 1. The highest BCUT2D eigenvalue weighted by Gasteiger charge is 2.12. The molecular formula is C13H13F2NO2S. The zero-order valence-electron chi connectivity index (χ0n) is 9.92. The molecule has 3 nitrogen and oxygen atoms in total. The Balaban J connectivity index is 1.99. The summed E-state index contributed by atoms with van der Waals surface area (Å²) in [4.78, 5) is 0.819. The van der Waals surface area contributed by atoms with Crippen LogP contribution in [-0.4, -0.2) is 18.3 Å². The predicted octanol–water partition coefficient (Wildman–Crippen LogP) is 3.50. The molecule has 0 bridgehead atoms. The number of benzene rings is 1. The fourth-order valence-corrected chi connectivity index (χ4v) is 2.31. The molecule has 0 saturated carbocycles. The van der Waals surface area contributed by atoms with Crippen molar-refractivity contribution in [2.24, 2.45) is 0 Å². The van der Waals surface area contributed by atoms with Gasteiger partial charge in [0.25, 0.3) is 0 Å². The normalized spacial score (nSPS) is 12.4. The van der Waals surface area contributed by atoms with Crippen molar-refractivity contribution in [3.63, 3.8) is 0 Å². The second-order valence-corrected chi connectivity index (χ2v) is 4.77. The molecule has 2 N–H and O–H groups in total. The van der Waals surface area contributed by atoms with Crippen molar-refractivity contribution in [1.29, 1.82) is 0 Å². The van der Waals surface area contributed by atoms with Crippen molar-refractivity contribution < 1.29 is 18.6 Å². The van der Waals surface area contributed by atoms with E-state index in [9.17, 15) is 13.9 Å². The van der Waals surface area contributed by atoms with Gasteiger partial charge in [0.15, 0.2) is 0 Å². The van der Waals surface area contributed by atoms with Crippen LogP contribution in [-0.2, 0) is 0 Å². The summed E-state index contributed by atoms with van der Waals surface area (Å²) in [6, 6.07) is 10.1. The van der Waals surface area contributed by atoms with Crippen molar-refractivity contribution in [2.75, 3.05) is 11.9 Å². The molecule has 102 valence electrons. The van der Waals surface area contributed by atoms with Crippen LogP contribution in [0.3, 0.4) is 0 Å². The van der Waals surface area contributed by atoms with E-state index in [-0.39, 0.29) is 12.3 Å². The summed E-state index contributed by atoms with van der Waals surface area (Å²) in [5.74, 6) is 0.0656. The SMILES string of the molecule is OC(CNc1ccccc1OC(F)F)c1cccs1. The minimum absolute atomic E-state index is 0.0656. The van der Waals surface area contributed by atoms with Crippen LogP contribution >= 0.6 is 11.3 Å². The topological polar surface area (TPSA) is 41.5 Å². The van der Waals surface area contributed by atoms with Crippen LogP contribution in [0.4, 0.5) is 14.5 Å². The summed E-state index contributed by atoms with van der Waals surface area (Å²) in [6.45, 7) is -2.64. The van der Waals surface area contributed by atoms with E-state index < -0.39 is 12.7 Å². The van der Waals surface area contributed by atoms with Crippen molar-refractivity contribution in [3.8, 4) is 5.75 Å². The first-order valence-corrected chi connectivity index (χ1v) is 6.54. The number of hydrogen-bond acceptors (Lipinski definition) is 4. The van der Waals surface area contributed by atoms with Crippen LogP contribution in [0.1, 0.15) is 11.0 Å². The number of anilines is 1. The molecule has 1 heterocycles. The van der Waals surface area contributed by atoms with Gasteiger partial charge in [0.05, 0.1) is 5.69 Å². The molecule has 0 radical (unpaired) electrons. The van der Waals surface area contributed by atoms with Crippen molar-refractivity contribution in [1.82, 2.24) is 0 Å². The monoisotopic (exact) mass is 285 g/mol. The van der Waals surface area contributed by atoms with Crippen molar-refractivity contribution in [2.45, 2.75) is 12.7 Å². The van der Waals surface area contributed by atoms with E-state index in [2.05, 4.69) is 10.1 Å². The number of hydrogen-bond donors (Lipinski definition) is 2. The van der Waals surface area contributed by atoms with Gasteiger partial charge in [0.1, 0.15) is 11.9 Å². The molecule has 0 fully saturated rings. The molecule has 0 spiro atoms. The summed E-state index contributed by atoms with van der Waals surface area (Å²) in [7, 11) is 0. The molecule has 0 aliphatic rings. The standard InChI is InChI=1S/C13H13F2NO2S/c14-13(15)18-11-5-2-1-4-9(11)16-8-10(17)12-6-3-7-19-12/h1-7,10,13,16-17H,8H2. The second-order valence-electron chi connectivity index (χ2n) is 3.79. The van der Waals surface area contributed by atoms with Gasteiger partial charge in [-0.25, -0.2) is 0 Å². The average Bonchev–Trinajstić information content (AvgIpc) is 2.90. The van der Waals surface area contributed by atoms with Gasteiger partial charge in [0, 0.05) is 11.4 Å². The van der Waals surface area contributed by atoms with Crippen LogP contribution in [0.5, 0.6) is 5.75 Å². The number of halogens is 2. The van der Waals surface area contributed by atoms with Crippen molar-refractivity contribution >= 4 is 17.0 Å². The molecular weight excluding hydrogens is 272 g/mol. The molecule has 2 aromatic rings. The van der Waals surface area contributed by atoms with Crippen LogP contribution in [0.2, 0.25) is 0 Å². The highest BCUT2D eigenvalue weighted by atomic mass is 32.1. The number of rotatable bonds is 6. The Bertz CT molecular complexity index is 505. The van der Waals surface area contributed by atoms with E-state index in [0.29, 0.717) is 5.69 Å². The highest BCUT2D eigenvalue weighted by Crippen LogP contribution is 2.27. The molecule has 0 saturated heterocycles. The summed E-state index contributed by atoms with van der Waals surface area (Å²) >= 11 is 1.44. The third-order valence-corrected chi connectivity index (χ3v) is 3.43. The molecule has 1 aromatic heterocycles. The number of para-hydroxylation sites is 2. The Hall–Kier alpha value is -1.66. The average molecular weight is 285 g/mol. The first-order chi connectivity index (χ1) is 9.16. The number of thiophene rings is 1. The highest BCUT2D eigenvalue weighted by molar-refractivity contribution is 7.10. The van der Waals surface area contributed by atoms with Gasteiger partial charge in [-0.1, -0.05) is 18.2 Å². The summed E-state index contributed by atoms with van der Waals surface area (Å²) in [5.41, 5.74) is 0.429. The van der Waals surface area contributed by atoms with E-state index in [1.165, 1.54) is 17.4 Å². The maximum atomic E-state index is 12.2. The Morgan fingerprint density at radius 1 is 1.21 bits per heavy atom. The molecule has 1 atom stereocenters. The maximum absolute atomic E-state index is 12.2. The Morgan fingerprint density at radius 2 is 2.00 bits per heavy atom. The lowest BCUT2D eigenvalue weighted by Crippen LogP contribution is -2.12. The molecule has 1 aromatic carbocycles. The van der Waals surface area contributed by atoms with E-state index in [1.807, 2.05) is 17.5 Å². The fraction of sp³-hybridized carbons (Fsp3) is 0.231. The minimum Gasteiger partial charge on any atom is -0.433 e. The number of nitrogens with one attached hydrogen (secondary N) is 1. The largest absolute Gasteiger partial charge is 0.433 e. The van der Waals surface area contributed by atoms with Crippen LogP contribution in [0.25, 0.3) is 0 Å². The van der Waals surface area contributed by atoms with Gasteiger partial charge in [-0.2, -0.15) is 8.78 Å². The van der Waals surface area contributed by atoms with Gasteiger partial charge in [-0.15, -0.1) is 11.3 Å². The lowest BCUT2D eigenvalue weighted by molar-refractivity contribution is -0.0493. The maximum Gasteiger partial charge on any atom is 0.387 e. The Kier molecular flexibility index (Phi) is 4.70. The molecule has 0 amide bonds. The van der Waals surface area contributed by atoms with E-state index in [4.69, 9.17) is 0 Å². The lowest BCUT2D eigenvalue weighted by Gasteiger charge is -2.14. The van der Waals surface area contributed by atoms with Gasteiger partial charge in [0.2, 0.25) is 0 Å². The zero-order chi connectivity index (χ0) is 13.7. The number of ether oxygens (including phenoxy) is 1. The van der Waals surface area contributed by atoms with Gasteiger partial charge in [-0.05, 0) is 23.6 Å². The second kappa shape index (κ2) is 6.49. The third kappa shape index (κ3) is 3.90. The van der Waals surface area contributed by atoms with E-state index in [1.54, 1.807) is 18.2 Å². The van der Waals surface area contributed by atoms with Crippen LogP contribution < -0.4 is 10.1 Å². The molecule has 0 aliphatic carbocycles. The predicted molar refractivity (Wildman–Crippen MR) is 70.8 cm³/mol. The zero-order valence-corrected chi connectivity index (χ0v) is 10.7. The van der Waals surface area contributed by atoms with E-state index in [0.717, 1.165) is 4.88 Å². The summed E-state index contributed by atoms with van der Waals surface area (Å²) < 4.78 is 28.8. The minimum atomic E-state index is -2.87. The summed E-state index contributed by atoms with van der Waals surface area (Å²) in [5, 5.41) is 14.7.